The Balaban J connectivity index is 0.000000203. The summed E-state index contributed by atoms with van der Waals surface area (Å²) in [6, 6.07) is 11.7. The Morgan fingerprint density at radius 3 is 2.38 bits per heavy atom. The number of rotatable bonds is 2. The molecule has 4 rings (SSSR count). The van der Waals surface area contributed by atoms with Crippen LogP contribution in [-0.2, 0) is 0 Å². The van der Waals surface area contributed by atoms with Crippen LogP contribution in [0.1, 0.15) is 10.5 Å². The highest BCUT2D eigenvalue weighted by Gasteiger charge is 2.13. The number of amides is 1. The van der Waals surface area contributed by atoms with Crippen LogP contribution >= 0.6 is 0 Å². The van der Waals surface area contributed by atoms with Crippen molar-refractivity contribution in [1.29, 1.82) is 0 Å². The number of benzene rings is 1. The maximum Gasteiger partial charge on any atom is 0.269 e. The van der Waals surface area contributed by atoms with Gasteiger partial charge in [0.05, 0.1) is 6.20 Å². The highest BCUT2D eigenvalue weighted by Crippen LogP contribution is 2.15. The van der Waals surface area contributed by atoms with E-state index in [1.165, 1.54) is 22.8 Å². The van der Waals surface area contributed by atoms with Gasteiger partial charge in [0.25, 0.3) is 5.91 Å². The van der Waals surface area contributed by atoms with Gasteiger partial charge in [-0.25, -0.2) is 13.9 Å². The molecule has 0 fully saturated rings. The average molecular weight is 325 g/mol. The number of imidazole rings is 1. The number of carbonyl (C=O) groups excluding carboxylic acids is 1. The van der Waals surface area contributed by atoms with Gasteiger partial charge in [0.2, 0.25) is 0 Å². The number of primary amides is 1. The predicted octanol–water partition coefficient (Wildman–Crippen LogP) is 2.03. The van der Waals surface area contributed by atoms with Crippen LogP contribution in [0.25, 0.3) is 5.65 Å². The SMILES string of the molecule is Fc1ccccc1.NC(=O)c1cnc2ccc(N3CC=CC3)nn12. The van der Waals surface area contributed by atoms with Crippen molar-refractivity contribution in [2.75, 3.05) is 18.0 Å². The van der Waals surface area contributed by atoms with Gasteiger partial charge in [-0.1, -0.05) is 30.4 Å². The lowest BCUT2D eigenvalue weighted by molar-refractivity contribution is 0.0993. The maximum absolute atomic E-state index is 11.9. The smallest absolute Gasteiger partial charge is 0.269 e. The molecule has 0 saturated carbocycles. The van der Waals surface area contributed by atoms with Crippen molar-refractivity contribution in [2.45, 2.75) is 0 Å². The summed E-state index contributed by atoms with van der Waals surface area (Å²) in [6.07, 6.45) is 5.60. The Kier molecular flexibility index (Phi) is 4.51. The summed E-state index contributed by atoms with van der Waals surface area (Å²) in [5, 5.41) is 4.38. The Bertz CT molecular complexity index is 867. The first kappa shape index (κ1) is 15.7. The number of nitrogens with two attached hydrogens (primary N) is 1. The predicted molar refractivity (Wildman–Crippen MR) is 89.3 cm³/mol. The van der Waals surface area contributed by atoms with Gasteiger partial charge in [0.15, 0.2) is 5.65 Å². The maximum atomic E-state index is 11.9. The van der Waals surface area contributed by atoms with Gasteiger partial charge < -0.3 is 10.6 Å². The minimum atomic E-state index is -0.526. The van der Waals surface area contributed by atoms with Crippen LogP contribution in [0, 0.1) is 5.82 Å². The topological polar surface area (TPSA) is 76.5 Å². The fraction of sp³-hybridized carbons (Fsp3) is 0.118. The first-order valence-corrected chi connectivity index (χ1v) is 7.40. The molecule has 3 heterocycles. The summed E-state index contributed by atoms with van der Waals surface area (Å²) in [7, 11) is 0. The van der Waals surface area contributed by atoms with Gasteiger partial charge in [0, 0.05) is 13.1 Å². The molecule has 0 saturated heterocycles. The number of carbonyl (C=O) groups is 1. The van der Waals surface area contributed by atoms with Crippen molar-refractivity contribution < 1.29 is 9.18 Å². The van der Waals surface area contributed by atoms with Crippen molar-refractivity contribution in [1.82, 2.24) is 14.6 Å². The lowest BCUT2D eigenvalue weighted by atomic mass is 10.4. The van der Waals surface area contributed by atoms with Gasteiger partial charge in [-0.15, -0.1) is 5.10 Å². The van der Waals surface area contributed by atoms with E-state index in [9.17, 15) is 9.18 Å². The van der Waals surface area contributed by atoms with Crippen LogP contribution < -0.4 is 10.6 Å². The Morgan fingerprint density at radius 1 is 1.08 bits per heavy atom. The molecule has 1 aliphatic heterocycles. The summed E-state index contributed by atoms with van der Waals surface area (Å²) in [5.74, 6) is 0.104. The molecular formula is C17H16FN5O. The van der Waals surface area contributed by atoms with Gasteiger partial charge in [-0.05, 0) is 24.3 Å². The third kappa shape index (κ3) is 3.40. The van der Waals surface area contributed by atoms with E-state index >= 15 is 0 Å². The number of aromatic nitrogens is 3. The van der Waals surface area contributed by atoms with E-state index in [0.717, 1.165) is 18.9 Å². The highest BCUT2D eigenvalue weighted by atomic mass is 19.1. The number of fused-ring (bicyclic) bond motifs is 1. The van der Waals surface area contributed by atoms with Crippen LogP contribution in [0.15, 0.2) is 60.8 Å². The van der Waals surface area contributed by atoms with Gasteiger partial charge in [0.1, 0.15) is 17.3 Å². The van der Waals surface area contributed by atoms with Gasteiger partial charge in [-0.2, -0.15) is 0 Å². The largest absolute Gasteiger partial charge is 0.364 e. The molecule has 1 amide bonds. The molecule has 6 nitrogen and oxygen atoms in total. The van der Waals surface area contributed by atoms with Crippen molar-refractivity contribution in [2.24, 2.45) is 5.73 Å². The van der Waals surface area contributed by atoms with Gasteiger partial charge >= 0.3 is 0 Å². The molecule has 0 atom stereocenters. The summed E-state index contributed by atoms with van der Waals surface area (Å²) in [6.45, 7) is 1.66. The van der Waals surface area contributed by atoms with E-state index in [1.807, 2.05) is 12.1 Å². The normalized spacial score (nSPS) is 13.0. The molecule has 1 aromatic carbocycles. The molecule has 2 aromatic heterocycles. The minimum Gasteiger partial charge on any atom is -0.364 e. The van der Waals surface area contributed by atoms with Crippen LogP contribution in [-0.4, -0.2) is 33.6 Å². The molecule has 122 valence electrons. The van der Waals surface area contributed by atoms with E-state index < -0.39 is 5.91 Å². The van der Waals surface area contributed by atoms with E-state index in [0.29, 0.717) is 11.3 Å². The van der Waals surface area contributed by atoms with Crippen LogP contribution in [0.4, 0.5) is 10.2 Å². The van der Waals surface area contributed by atoms with E-state index in [1.54, 1.807) is 18.2 Å². The summed E-state index contributed by atoms with van der Waals surface area (Å²) in [5.41, 5.74) is 6.18. The van der Waals surface area contributed by atoms with Crippen molar-refractivity contribution >= 4 is 17.4 Å². The molecule has 1 aliphatic rings. The first-order chi connectivity index (χ1) is 11.6. The highest BCUT2D eigenvalue weighted by molar-refractivity contribution is 5.91. The number of anilines is 1. The number of hydrogen-bond donors (Lipinski definition) is 1. The number of nitrogens with zero attached hydrogens (tertiary/aromatic N) is 4. The number of halogens is 1. The second-order valence-corrected chi connectivity index (χ2v) is 5.14. The molecule has 0 spiro atoms. The second-order valence-electron chi connectivity index (χ2n) is 5.14. The first-order valence-electron chi connectivity index (χ1n) is 7.40. The second kappa shape index (κ2) is 6.91. The summed E-state index contributed by atoms with van der Waals surface area (Å²) < 4.78 is 13.4. The fourth-order valence-electron chi connectivity index (χ4n) is 2.28. The Hall–Kier alpha value is -3.22. The quantitative estimate of drug-likeness (QED) is 0.732. The fourth-order valence-corrected chi connectivity index (χ4v) is 2.28. The third-order valence-corrected chi connectivity index (χ3v) is 3.48. The van der Waals surface area contributed by atoms with Crippen molar-refractivity contribution in [3.05, 3.63) is 72.3 Å². The van der Waals surface area contributed by atoms with Crippen LogP contribution in [0.5, 0.6) is 0 Å². The van der Waals surface area contributed by atoms with Crippen LogP contribution in [0.3, 0.4) is 0 Å². The summed E-state index contributed by atoms with van der Waals surface area (Å²) in [4.78, 5) is 17.4. The zero-order valence-corrected chi connectivity index (χ0v) is 12.8. The standard InChI is InChI=1S/C11H11N5O.C6H5F/c12-11(17)8-7-13-9-3-4-10(14-16(8)9)15-5-1-2-6-15;7-6-4-2-1-3-5-6/h1-4,7H,5-6H2,(H2,12,17);1-5H. The molecule has 3 aromatic rings. The third-order valence-electron chi connectivity index (χ3n) is 3.48. The number of hydrogen-bond acceptors (Lipinski definition) is 4. The Labute approximate surface area is 138 Å². The molecular weight excluding hydrogens is 309 g/mol. The molecule has 2 N–H and O–H groups in total. The molecule has 0 aliphatic carbocycles. The zero-order chi connectivity index (χ0) is 16.9. The van der Waals surface area contributed by atoms with Crippen LogP contribution in [0.2, 0.25) is 0 Å². The van der Waals surface area contributed by atoms with Crippen molar-refractivity contribution in [3.63, 3.8) is 0 Å². The lowest BCUT2D eigenvalue weighted by Gasteiger charge is -2.15. The molecule has 0 bridgehead atoms. The summed E-state index contributed by atoms with van der Waals surface area (Å²) >= 11 is 0. The Morgan fingerprint density at radius 2 is 1.79 bits per heavy atom. The van der Waals surface area contributed by atoms with Gasteiger partial charge in [-0.3, -0.25) is 4.79 Å². The monoisotopic (exact) mass is 325 g/mol. The molecule has 7 heteroatoms. The van der Waals surface area contributed by atoms with Crippen molar-refractivity contribution in [3.8, 4) is 0 Å². The zero-order valence-electron chi connectivity index (χ0n) is 12.8. The average Bonchev–Trinajstić information content (AvgIpc) is 3.25. The van der Waals surface area contributed by atoms with E-state index in [2.05, 4.69) is 27.1 Å². The molecule has 24 heavy (non-hydrogen) atoms. The molecule has 0 radical (unpaired) electrons. The van der Waals surface area contributed by atoms with E-state index in [4.69, 9.17) is 5.73 Å². The molecule has 0 unspecified atom stereocenters. The minimum absolute atomic E-state index is 0.178. The van der Waals surface area contributed by atoms with E-state index in [-0.39, 0.29) is 5.82 Å². The lowest BCUT2D eigenvalue weighted by Crippen LogP contribution is -2.22.